The summed E-state index contributed by atoms with van der Waals surface area (Å²) in [5.74, 6) is -0.794. The summed E-state index contributed by atoms with van der Waals surface area (Å²) in [5.41, 5.74) is -1.01. The predicted molar refractivity (Wildman–Crippen MR) is 46.1 cm³/mol. The molecule has 74 valence electrons. The molecule has 2 saturated carbocycles. The minimum Gasteiger partial charge on any atom is -0.468 e. The predicted octanol–water partition coefficient (Wildman–Crippen LogP) is 2.25. The van der Waals surface area contributed by atoms with Crippen molar-refractivity contribution < 1.29 is 13.9 Å². The molecule has 0 amide bonds. The molecule has 2 nitrogen and oxygen atoms in total. The van der Waals surface area contributed by atoms with Crippen molar-refractivity contribution in [2.45, 2.75) is 30.8 Å². The summed E-state index contributed by atoms with van der Waals surface area (Å²) in [5, 5.41) is -1.84. The van der Waals surface area contributed by atoms with Crippen molar-refractivity contribution in [1.29, 1.82) is 0 Å². The summed E-state index contributed by atoms with van der Waals surface area (Å²) in [6, 6.07) is 0. The van der Waals surface area contributed by atoms with Gasteiger partial charge in [-0.1, -0.05) is 24.4 Å². The lowest BCUT2D eigenvalue weighted by atomic mass is 9.88. The molecule has 0 aromatic carbocycles. The molecule has 0 bridgehead atoms. The molecule has 0 heterocycles. The van der Waals surface area contributed by atoms with E-state index >= 15 is 0 Å². The van der Waals surface area contributed by atoms with Crippen LogP contribution in [0, 0.1) is 11.3 Å². The number of hydrogen-bond donors (Lipinski definition) is 0. The second-order valence-electron chi connectivity index (χ2n) is 3.88. The quantitative estimate of drug-likeness (QED) is 0.486. The third kappa shape index (κ3) is 0.912. The van der Waals surface area contributed by atoms with Gasteiger partial charge in [0.05, 0.1) is 7.11 Å². The van der Waals surface area contributed by atoms with Gasteiger partial charge in [-0.2, -0.15) is 0 Å². The van der Waals surface area contributed by atoms with Gasteiger partial charge in [0.15, 0.2) is 0 Å². The molecule has 4 heteroatoms. The highest BCUT2D eigenvalue weighted by molar-refractivity contribution is 6.28. The molecule has 0 aliphatic heterocycles. The van der Waals surface area contributed by atoms with Gasteiger partial charge in [-0.15, -0.1) is 0 Å². The third-order valence-corrected chi connectivity index (χ3v) is 4.01. The molecule has 0 saturated heterocycles. The molecule has 0 aromatic rings. The van der Waals surface area contributed by atoms with E-state index in [4.69, 9.17) is 11.6 Å². The monoisotopic (exact) mass is 206 g/mol. The molecule has 0 radical (unpaired) electrons. The Labute approximate surface area is 81.4 Å². The molecule has 2 fully saturated rings. The Morgan fingerprint density at radius 3 is 2.85 bits per heavy atom. The topological polar surface area (TPSA) is 26.3 Å². The Kier molecular flexibility index (Phi) is 1.85. The van der Waals surface area contributed by atoms with E-state index in [2.05, 4.69) is 4.74 Å². The highest BCUT2D eigenvalue weighted by atomic mass is 35.5. The van der Waals surface area contributed by atoms with E-state index in [1.165, 1.54) is 7.11 Å². The number of methoxy groups -OCH3 is 1. The van der Waals surface area contributed by atoms with Gasteiger partial charge < -0.3 is 4.74 Å². The number of carbonyl (C=O) groups excluding carboxylic acids is 1. The van der Waals surface area contributed by atoms with Gasteiger partial charge in [-0.25, -0.2) is 4.39 Å². The molecule has 2 rings (SSSR count). The molecule has 2 aliphatic carbocycles. The van der Waals surface area contributed by atoms with Crippen LogP contribution in [0.2, 0.25) is 0 Å². The van der Waals surface area contributed by atoms with E-state index in [1.807, 2.05) is 0 Å². The Hall–Kier alpha value is -0.310. The number of hydrogen-bond acceptors (Lipinski definition) is 2. The Morgan fingerprint density at radius 2 is 2.31 bits per heavy atom. The first-order valence-electron chi connectivity index (χ1n) is 4.53. The fraction of sp³-hybridized carbons (Fsp3) is 0.889. The highest BCUT2D eigenvalue weighted by Gasteiger charge is 2.82. The molecular weight excluding hydrogens is 195 g/mol. The van der Waals surface area contributed by atoms with Gasteiger partial charge in [0, 0.05) is 5.92 Å². The standard InChI is InChI=1S/C9H12ClFO2/c1-13-7(12)8-5-3-2-4-6(8)9(8,10)11/h6H,2-5H2,1H3/t6-,8+,9-/m1/s1. The van der Waals surface area contributed by atoms with Crippen LogP contribution in [0.3, 0.4) is 0 Å². The van der Waals surface area contributed by atoms with E-state index in [9.17, 15) is 9.18 Å². The smallest absolute Gasteiger partial charge is 0.316 e. The first kappa shape index (κ1) is 9.25. The van der Waals surface area contributed by atoms with Crippen LogP contribution in [-0.4, -0.2) is 18.2 Å². The summed E-state index contributed by atoms with van der Waals surface area (Å²) >= 11 is 5.68. The highest BCUT2D eigenvalue weighted by Crippen LogP contribution is 2.73. The number of alkyl halides is 2. The van der Waals surface area contributed by atoms with Crippen molar-refractivity contribution >= 4 is 17.6 Å². The maximum atomic E-state index is 13.7. The molecule has 13 heavy (non-hydrogen) atoms. The fourth-order valence-corrected chi connectivity index (χ4v) is 3.16. The molecule has 0 N–H and O–H groups in total. The van der Waals surface area contributed by atoms with Gasteiger partial charge in [0.1, 0.15) is 5.41 Å². The summed E-state index contributed by atoms with van der Waals surface area (Å²) in [7, 11) is 1.29. The molecule has 2 aliphatic rings. The third-order valence-electron chi connectivity index (χ3n) is 3.41. The van der Waals surface area contributed by atoms with E-state index < -0.39 is 16.5 Å². The summed E-state index contributed by atoms with van der Waals surface area (Å²) in [4.78, 5) is 11.4. The lowest BCUT2D eigenvalue weighted by Crippen LogP contribution is -2.25. The summed E-state index contributed by atoms with van der Waals surface area (Å²) in [6.45, 7) is 0. The lowest BCUT2D eigenvalue weighted by molar-refractivity contribution is -0.149. The number of fused-ring (bicyclic) bond motifs is 1. The van der Waals surface area contributed by atoms with E-state index in [0.29, 0.717) is 12.8 Å². The summed E-state index contributed by atoms with van der Waals surface area (Å²) < 4.78 is 18.3. The number of ether oxygens (including phenoxy) is 1. The van der Waals surface area contributed by atoms with Crippen LogP contribution in [0.15, 0.2) is 0 Å². The lowest BCUT2D eigenvalue weighted by Gasteiger charge is -2.17. The van der Waals surface area contributed by atoms with Gasteiger partial charge in [-0.3, -0.25) is 4.79 Å². The van der Waals surface area contributed by atoms with E-state index in [0.717, 1.165) is 12.8 Å². The molecule has 0 aromatic heterocycles. The van der Waals surface area contributed by atoms with Crippen LogP contribution in [0.25, 0.3) is 0 Å². The molecular formula is C9H12ClFO2. The van der Waals surface area contributed by atoms with Crippen molar-refractivity contribution in [3.63, 3.8) is 0 Å². The zero-order valence-corrected chi connectivity index (χ0v) is 8.23. The maximum absolute atomic E-state index is 13.7. The van der Waals surface area contributed by atoms with Crippen LogP contribution < -0.4 is 0 Å². The average Bonchev–Trinajstić information content (AvgIpc) is 2.65. The van der Waals surface area contributed by atoms with Crippen LogP contribution >= 0.6 is 11.6 Å². The van der Waals surface area contributed by atoms with E-state index in [-0.39, 0.29) is 5.92 Å². The molecule has 3 atom stereocenters. The van der Waals surface area contributed by atoms with Crippen molar-refractivity contribution in [1.82, 2.24) is 0 Å². The summed E-state index contributed by atoms with van der Waals surface area (Å²) in [6.07, 6.45) is 3.06. The van der Waals surface area contributed by atoms with Gasteiger partial charge in [0.25, 0.3) is 0 Å². The van der Waals surface area contributed by atoms with Gasteiger partial charge in [0.2, 0.25) is 5.13 Å². The fourth-order valence-electron chi connectivity index (χ4n) is 2.62. The minimum atomic E-state index is -1.84. The van der Waals surface area contributed by atoms with E-state index in [1.54, 1.807) is 0 Å². The van der Waals surface area contributed by atoms with Gasteiger partial charge in [-0.05, 0) is 12.8 Å². The Morgan fingerprint density at radius 1 is 1.62 bits per heavy atom. The first-order chi connectivity index (χ1) is 6.07. The van der Waals surface area contributed by atoms with Crippen LogP contribution in [0.4, 0.5) is 4.39 Å². The van der Waals surface area contributed by atoms with Crippen molar-refractivity contribution in [2.24, 2.45) is 11.3 Å². The SMILES string of the molecule is COC(=O)[C@]12CCCC[C@H]1[C@]2(F)Cl. The maximum Gasteiger partial charge on any atom is 0.316 e. The second kappa shape index (κ2) is 2.59. The molecule has 0 spiro atoms. The number of carbonyl (C=O) groups is 1. The van der Waals surface area contributed by atoms with Crippen LogP contribution in [0.5, 0.6) is 0 Å². The first-order valence-corrected chi connectivity index (χ1v) is 4.91. The minimum absolute atomic E-state index is 0.317. The molecule has 0 unspecified atom stereocenters. The second-order valence-corrected chi connectivity index (χ2v) is 4.43. The van der Waals surface area contributed by atoms with Crippen molar-refractivity contribution in [3.05, 3.63) is 0 Å². The van der Waals surface area contributed by atoms with Gasteiger partial charge >= 0.3 is 5.97 Å². The Balaban J connectivity index is 2.26. The number of rotatable bonds is 1. The zero-order chi connectivity index (χ0) is 9.69. The van der Waals surface area contributed by atoms with Crippen molar-refractivity contribution in [2.75, 3.05) is 7.11 Å². The zero-order valence-electron chi connectivity index (χ0n) is 7.48. The van der Waals surface area contributed by atoms with Crippen LogP contribution in [0.1, 0.15) is 25.7 Å². The van der Waals surface area contributed by atoms with Crippen molar-refractivity contribution in [3.8, 4) is 0 Å². The number of halogens is 2. The van der Waals surface area contributed by atoms with Crippen LogP contribution in [-0.2, 0) is 9.53 Å². The average molecular weight is 207 g/mol. The number of esters is 1. The Bertz CT molecular complexity index is 254. The largest absolute Gasteiger partial charge is 0.468 e. The normalized spacial score (nSPS) is 48.1.